The minimum atomic E-state index is 0.681. The Morgan fingerprint density at radius 2 is 2.06 bits per heavy atom. The molecule has 5 heteroatoms. The van der Waals surface area contributed by atoms with Crippen LogP contribution in [0.25, 0.3) is 11.0 Å². The van der Waals surface area contributed by atoms with Crippen molar-refractivity contribution in [3.05, 3.63) is 23.2 Å². The normalized spacial score (nSPS) is 17.6. The molecule has 0 radical (unpaired) electrons. The van der Waals surface area contributed by atoms with E-state index in [1.165, 1.54) is 0 Å². The van der Waals surface area contributed by atoms with Crippen molar-refractivity contribution in [3.8, 4) is 0 Å². The first-order valence-electron chi connectivity index (χ1n) is 6.30. The van der Waals surface area contributed by atoms with E-state index in [0.29, 0.717) is 5.02 Å². The molecule has 1 saturated heterocycles. The molecule has 3 rings (SSSR count). The third-order valence-electron chi connectivity index (χ3n) is 3.53. The van der Waals surface area contributed by atoms with Gasteiger partial charge in [0.05, 0.1) is 5.39 Å². The Labute approximate surface area is 111 Å². The molecule has 0 unspecified atom stereocenters. The number of anilines is 1. The summed E-state index contributed by atoms with van der Waals surface area (Å²) in [7, 11) is 0. The van der Waals surface area contributed by atoms with E-state index in [1.54, 1.807) is 0 Å². The van der Waals surface area contributed by atoms with E-state index in [2.05, 4.69) is 21.9 Å². The molecule has 1 aliphatic heterocycles. The molecule has 0 N–H and O–H groups in total. The Bertz CT molecular complexity index is 546. The van der Waals surface area contributed by atoms with Crippen molar-refractivity contribution >= 4 is 28.4 Å². The van der Waals surface area contributed by atoms with Crippen molar-refractivity contribution in [2.24, 2.45) is 0 Å². The monoisotopic (exact) mass is 265 g/mol. The molecular formula is C13H16ClN3O. The van der Waals surface area contributed by atoms with Crippen LogP contribution >= 0.6 is 11.6 Å². The van der Waals surface area contributed by atoms with Gasteiger partial charge in [-0.05, 0) is 18.7 Å². The SMILES string of the molecule is CCN1CCN(c2noc3cc(Cl)ccc23)CC1. The molecule has 96 valence electrons. The van der Waals surface area contributed by atoms with Crippen LogP contribution in [0.5, 0.6) is 0 Å². The highest BCUT2D eigenvalue weighted by atomic mass is 35.5. The molecule has 0 bridgehead atoms. The lowest BCUT2D eigenvalue weighted by Gasteiger charge is -2.33. The largest absolute Gasteiger partial charge is 0.354 e. The number of hydrogen-bond acceptors (Lipinski definition) is 4. The lowest BCUT2D eigenvalue weighted by Crippen LogP contribution is -2.46. The average molecular weight is 266 g/mol. The second-order valence-corrected chi connectivity index (χ2v) is 5.00. The predicted octanol–water partition coefficient (Wildman–Crippen LogP) is 2.62. The molecule has 4 nitrogen and oxygen atoms in total. The molecule has 0 amide bonds. The summed E-state index contributed by atoms with van der Waals surface area (Å²) in [5.41, 5.74) is 0.760. The number of nitrogens with zero attached hydrogens (tertiary/aromatic N) is 3. The Morgan fingerprint density at radius 3 is 2.78 bits per heavy atom. The topological polar surface area (TPSA) is 32.5 Å². The van der Waals surface area contributed by atoms with Gasteiger partial charge in [0.25, 0.3) is 0 Å². The third kappa shape index (κ3) is 2.06. The van der Waals surface area contributed by atoms with E-state index >= 15 is 0 Å². The van der Waals surface area contributed by atoms with E-state index in [0.717, 1.165) is 49.5 Å². The molecule has 2 aromatic rings. The van der Waals surface area contributed by atoms with Crippen molar-refractivity contribution in [2.45, 2.75) is 6.92 Å². The lowest BCUT2D eigenvalue weighted by atomic mass is 10.2. The predicted molar refractivity (Wildman–Crippen MR) is 73.3 cm³/mol. The van der Waals surface area contributed by atoms with Gasteiger partial charge in [0.2, 0.25) is 0 Å². The van der Waals surface area contributed by atoms with Crippen LogP contribution < -0.4 is 4.90 Å². The van der Waals surface area contributed by atoms with Gasteiger partial charge < -0.3 is 14.3 Å². The van der Waals surface area contributed by atoms with Crippen LogP contribution in [0.15, 0.2) is 22.7 Å². The summed E-state index contributed by atoms with van der Waals surface area (Å²) in [6.45, 7) is 7.47. The standard InChI is InChI=1S/C13H16ClN3O/c1-2-16-5-7-17(8-6-16)13-11-4-3-10(14)9-12(11)18-15-13/h3-4,9H,2,5-8H2,1H3. The van der Waals surface area contributed by atoms with Crippen molar-refractivity contribution in [1.29, 1.82) is 0 Å². The molecule has 18 heavy (non-hydrogen) atoms. The molecule has 1 aromatic carbocycles. The molecule has 0 aliphatic carbocycles. The fourth-order valence-corrected chi connectivity index (χ4v) is 2.56. The number of piperazine rings is 1. The Kier molecular flexibility index (Phi) is 3.14. The van der Waals surface area contributed by atoms with Gasteiger partial charge in [0.1, 0.15) is 0 Å². The maximum Gasteiger partial charge on any atom is 0.180 e. The zero-order valence-electron chi connectivity index (χ0n) is 10.4. The maximum absolute atomic E-state index is 5.94. The summed E-state index contributed by atoms with van der Waals surface area (Å²) in [5.74, 6) is 0.942. The fraction of sp³-hybridized carbons (Fsp3) is 0.462. The smallest absolute Gasteiger partial charge is 0.180 e. The number of halogens is 1. The Balaban J connectivity index is 1.87. The van der Waals surface area contributed by atoms with Crippen LogP contribution in [-0.4, -0.2) is 42.8 Å². The van der Waals surface area contributed by atoms with E-state index in [4.69, 9.17) is 16.1 Å². The van der Waals surface area contributed by atoms with E-state index in [9.17, 15) is 0 Å². The van der Waals surface area contributed by atoms with E-state index in [-0.39, 0.29) is 0 Å². The molecule has 0 atom stereocenters. The number of benzene rings is 1. The van der Waals surface area contributed by atoms with Gasteiger partial charge in [-0.15, -0.1) is 0 Å². The van der Waals surface area contributed by atoms with Crippen LogP contribution in [-0.2, 0) is 0 Å². The lowest BCUT2D eigenvalue weighted by molar-refractivity contribution is 0.269. The van der Waals surface area contributed by atoms with Crippen LogP contribution in [0.3, 0.4) is 0 Å². The third-order valence-corrected chi connectivity index (χ3v) is 3.77. The zero-order chi connectivity index (χ0) is 12.5. The minimum Gasteiger partial charge on any atom is -0.354 e. The number of rotatable bonds is 2. The highest BCUT2D eigenvalue weighted by molar-refractivity contribution is 6.31. The highest BCUT2D eigenvalue weighted by Crippen LogP contribution is 2.28. The zero-order valence-corrected chi connectivity index (χ0v) is 11.2. The van der Waals surface area contributed by atoms with Gasteiger partial charge in [0, 0.05) is 37.3 Å². The van der Waals surface area contributed by atoms with Crippen LogP contribution in [0.2, 0.25) is 5.02 Å². The molecule has 0 spiro atoms. The van der Waals surface area contributed by atoms with Crippen molar-refractivity contribution in [1.82, 2.24) is 10.1 Å². The summed E-state index contributed by atoms with van der Waals surface area (Å²) in [4.78, 5) is 4.72. The van der Waals surface area contributed by atoms with Crippen molar-refractivity contribution in [3.63, 3.8) is 0 Å². The van der Waals surface area contributed by atoms with Gasteiger partial charge in [-0.3, -0.25) is 0 Å². The number of likely N-dealkylation sites (N-methyl/N-ethyl adjacent to an activating group) is 1. The number of hydrogen-bond donors (Lipinski definition) is 0. The van der Waals surface area contributed by atoms with Crippen molar-refractivity contribution in [2.75, 3.05) is 37.6 Å². The maximum atomic E-state index is 5.94. The first-order chi connectivity index (χ1) is 8.78. The van der Waals surface area contributed by atoms with Gasteiger partial charge >= 0.3 is 0 Å². The van der Waals surface area contributed by atoms with Gasteiger partial charge in [-0.25, -0.2) is 0 Å². The van der Waals surface area contributed by atoms with Gasteiger partial charge in [0.15, 0.2) is 11.4 Å². The molecular weight excluding hydrogens is 250 g/mol. The summed E-state index contributed by atoms with van der Waals surface area (Å²) in [5, 5.41) is 5.91. The second kappa shape index (κ2) is 4.78. The fourth-order valence-electron chi connectivity index (χ4n) is 2.40. The summed E-state index contributed by atoms with van der Waals surface area (Å²) < 4.78 is 5.35. The summed E-state index contributed by atoms with van der Waals surface area (Å²) in [6, 6.07) is 5.68. The van der Waals surface area contributed by atoms with Gasteiger partial charge in [-0.2, -0.15) is 0 Å². The molecule has 0 saturated carbocycles. The van der Waals surface area contributed by atoms with Crippen LogP contribution in [0, 0.1) is 0 Å². The van der Waals surface area contributed by atoms with E-state index < -0.39 is 0 Å². The summed E-state index contributed by atoms with van der Waals surface area (Å²) >= 11 is 5.94. The van der Waals surface area contributed by atoms with Crippen LogP contribution in [0.4, 0.5) is 5.82 Å². The van der Waals surface area contributed by atoms with Crippen LogP contribution in [0.1, 0.15) is 6.92 Å². The van der Waals surface area contributed by atoms with E-state index in [1.807, 2.05) is 18.2 Å². The minimum absolute atomic E-state index is 0.681. The average Bonchev–Trinajstić information content (AvgIpc) is 2.81. The number of fused-ring (bicyclic) bond motifs is 1. The summed E-state index contributed by atoms with van der Waals surface area (Å²) in [6.07, 6.45) is 0. The molecule has 2 heterocycles. The Hall–Kier alpha value is -1.26. The molecule has 1 aromatic heterocycles. The quantitative estimate of drug-likeness (QED) is 0.836. The second-order valence-electron chi connectivity index (χ2n) is 4.57. The van der Waals surface area contributed by atoms with Crippen molar-refractivity contribution < 1.29 is 4.52 Å². The number of aromatic nitrogens is 1. The molecule has 1 aliphatic rings. The molecule has 1 fully saturated rings. The highest BCUT2D eigenvalue weighted by Gasteiger charge is 2.20. The first-order valence-corrected chi connectivity index (χ1v) is 6.68. The van der Waals surface area contributed by atoms with Gasteiger partial charge in [-0.1, -0.05) is 23.7 Å². The Morgan fingerprint density at radius 1 is 1.28 bits per heavy atom. The first kappa shape index (κ1) is 11.8.